The van der Waals surface area contributed by atoms with Crippen molar-refractivity contribution in [2.24, 2.45) is 0 Å². The summed E-state index contributed by atoms with van der Waals surface area (Å²) < 4.78 is 3.91. The zero-order valence-corrected chi connectivity index (χ0v) is 14.6. The highest BCUT2D eigenvalue weighted by atomic mass is 32.2. The van der Waals surface area contributed by atoms with Gasteiger partial charge in [-0.05, 0) is 25.5 Å². The molecule has 2 aromatic heterocycles. The number of hydrogen-bond acceptors (Lipinski definition) is 4. The minimum absolute atomic E-state index is 0.0229. The molecule has 0 saturated heterocycles. The second kappa shape index (κ2) is 9.39. The lowest BCUT2D eigenvalue weighted by molar-refractivity contribution is -0.115. The Morgan fingerprint density at radius 1 is 1.35 bits per heavy atom. The van der Waals surface area contributed by atoms with Gasteiger partial charge in [0.2, 0.25) is 5.91 Å². The molecule has 0 saturated carbocycles. The van der Waals surface area contributed by atoms with Crippen molar-refractivity contribution in [1.29, 1.82) is 0 Å². The van der Waals surface area contributed by atoms with Gasteiger partial charge in [0.05, 0.1) is 11.6 Å². The number of unbranched alkanes of at least 4 members (excludes halogenated alkanes) is 1. The summed E-state index contributed by atoms with van der Waals surface area (Å²) in [6, 6.07) is 1.85. The van der Waals surface area contributed by atoms with Crippen molar-refractivity contribution in [3.63, 3.8) is 0 Å². The molecule has 0 bridgehead atoms. The van der Waals surface area contributed by atoms with Crippen molar-refractivity contribution in [3.05, 3.63) is 31.0 Å². The van der Waals surface area contributed by atoms with E-state index in [4.69, 9.17) is 0 Å². The largest absolute Gasteiger partial charge is 0.337 e. The third-order valence-electron chi connectivity index (χ3n) is 3.49. The normalized spacial score (nSPS) is 12.3. The van der Waals surface area contributed by atoms with Crippen LogP contribution in [-0.4, -0.2) is 36.2 Å². The number of nitrogens with zero attached hydrogens (tertiary/aromatic N) is 4. The predicted octanol–water partition coefficient (Wildman–Crippen LogP) is 3.03. The van der Waals surface area contributed by atoms with Crippen molar-refractivity contribution in [2.75, 3.05) is 11.1 Å². The van der Waals surface area contributed by atoms with Gasteiger partial charge < -0.3 is 9.88 Å². The molecule has 0 spiro atoms. The first-order valence-corrected chi connectivity index (χ1v) is 9.15. The summed E-state index contributed by atoms with van der Waals surface area (Å²) in [6.07, 6.45) is 10.7. The third kappa shape index (κ3) is 6.09. The average Bonchev–Trinajstić information content (AvgIpc) is 3.19. The molecule has 6 nitrogen and oxygen atoms in total. The van der Waals surface area contributed by atoms with Crippen LogP contribution >= 0.6 is 11.8 Å². The fourth-order valence-corrected chi connectivity index (χ4v) is 3.11. The lowest BCUT2D eigenvalue weighted by Gasteiger charge is -2.10. The Bertz CT molecular complexity index is 581. The number of amides is 1. The highest BCUT2D eigenvalue weighted by Crippen LogP contribution is 2.15. The highest BCUT2D eigenvalue weighted by molar-refractivity contribution is 8.00. The number of nitrogens with one attached hydrogen (secondary N) is 1. The molecule has 0 fully saturated rings. The Labute approximate surface area is 141 Å². The summed E-state index contributed by atoms with van der Waals surface area (Å²) in [4.78, 5) is 16.1. The molecule has 0 radical (unpaired) electrons. The van der Waals surface area contributed by atoms with E-state index in [1.54, 1.807) is 18.0 Å². The molecular formula is C16H25N5OS. The van der Waals surface area contributed by atoms with Gasteiger partial charge in [-0.3, -0.25) is 9.48 Å². The summed E-state index contributed by atoms with van der Waals surface area (Å²) in [7, 11) is 0. The van der Waals surface area contributed by atoms with E-state index in [1.165, 1.54) is 0 Å². The molecule has 1 atom stereocenters. The number of rotatable bonds is 10. The zero-order valence-electron chi connectivity index (χ0n) is 13.8. The van der Waals surface area contributed by atoms with Crippen LogP contribution in [0, 0.1) is 0 Å². The molecule has 0 aliphatic heterocycles. The van der Waals surface area contributed by atoms with E-state index in [9.17, 15) is 4.79 Å². The monoisotopic (exact) mass is 335 g/mol. The number of anilines is 1. The zero-order chi connectivity index (χ0) is 16.5. The van der Waals surface area contributed by atoms with Crippen LogP contribution in [0.2, 0.25) is 0 Å². The van der Waals surface area contributed by atoms with Gasteiger partial charge in [0.25, 0.3) is 0 Å². The summed E-state index contributed by atoms with van der Waals surface area (Å²) in [6.45, 7) is 5.82. The Morgan fingerprint density at radius 2 is 2.22 bits per heavy atom. The standard InChI is InChI=1S/C16H25N5OS/c1-3-4-12-23-14(2)16(22)18-15-6-10-21(19-15)9-5-8-20-11-7-17-13-20/h6-7,10-11,13-14H,3-5,8-9,12H2,1-2H3,(H,18,19,22)/t14-/m0/s1. The van der Waals surface area contributed by atoms with Crippen LogP contribution in [0.1, 0.15) is 33.1 Å². The maximum atomic E-state index is 12.1. The van der Waals surface area contributed by atoms with Gasteiger partial charge in [0.1, 0.15) is 0 Å². The quantitative estimate of drug-likeness (QED) is 0.678. The molecule has 1 N–H and O–H groups in total. The first kappa shape index (κ1) is 17.6. The average molecular weight is 335 g/mol. The summed E-state index contributed by atoms with van der Waals surface area (Å²) in [5.41, 5.74) is 0. The van der Waals surface area contributed by atoms with Gasteiger partial charge in [-0.1, -0.05) is 13.3 Å². The van der Waals surface area contributed by atoms with E-state index in [0.29, 0.717) is 5.82 Å². The summed E-state index contributed by atoms with van der Waals surface area (Å²) >= 11 is 1.69. The number of carbonyl (C=O) groups excluding carboxylic acids is 1. The molecule has 2 rings (SSSR count). The predicted molar refractivity (Wildman–Crippen MR) is 94.5 cm³/mol. The van der Waals surface area contributed by atoms with Gasteiger partial charge in [0.15, 0.2) is 5.82 Å². The van der Waals surface area contributed by atoms with Gasteiger partial charge >= 0.3 is 0 Å². The maximum absolute atomic E-state index is 12.1. The number of aromatic nitrogens is 4. The molecular weight excluding hydrogens is 310 g/mol. The molecule has 2 aromatic rings. The lowest BCUT2D eigenvalue weighted by atomic mass is 10.4. The minimum atomic E-state index is -0.0482. The molecule has 23 heavy (non-hydrogen) atoms. The fraction of sp³-hybridized carbons (Fsp3) is 0.562. The van der Waals surface area contributed by atoms with Gasteiger partial charge in [0, 0.05) is 37.7 Å². The highest BCUT2D eigenvalue weighted by Gasteiger charge is 2.14. The Balaban J connectivity index is 1.72. The molecule has 1 amide bonds. The van der Waals surface area contributed by atoms with Crippen molar-refractivity contribution in [3.8, 4) is 0 Å². The SMILES string of the molecule is CCCCS[C@@H](C)C(=O)Nc1ccn(CCCn2ccnc2)n1. The maximum Gasteiger partial charge on any atom is 0.238 e. The topological polar surface area (TPSA) is 64.7 Å². The lowest BCUT2D eigenvalue weighted by Crippen LogP contribution is -2.23. The molecule has 0 aliphatic rings. The smallest absolute Gasteiger partial charge is 0.238 e. The van der Waals surface area contributed by atoms with Gasteiger partial charge in [-0.2, -0.15) is 5.10 Å². The van der Waals surface area contributed by atoms with Crippen LogP contribution in [0.4, 0.5) is 5.82 Å². The van der Waals surface area contributed by atoms with E-state index < -0.39 is 0 Å². The van der Waals surface area contributed by atoms with Crippen molar-refractivity contribution in [2.45, 2.75) is 51.4 Å². The van der Waals surface area contributed by atoms with Crippen LogP contribution in [0.25, 0.3) is 0 Å². The van der Waals surface area contributed by atoms with Gasteiger partial charge in [-0.15, -0.1) is 11.8 Å². The Morgan fingerprint density at radius 3 is 2.96 bits per heavy atom. The Kier molecular flexibility index (Phi) is 7.19. The van der Waals surface area contributed by atoms with Crippen LogP contribution in [0.5, 0.6) is 0 Å². The molecule has 0 aliphatic carbocycles. The van der Waals surface area contributed by atoms with E-state index in [2.05, 4.69) is 22.3 Å². The molecule has 2 heterocycles. The van der Waals surface area contributed by atoms with Crippen LogP contribution < -0.4 is 5.32 Å². The second-order valence-corrected chi connectivity index (χ2v) is 6.92. The van der Waals surface area contributed by atoms with E-state index in [-0.39, 0.29) is 11.2 Å². The van der Waals surface area contributed by atoms with Crippen LogP contribution in [0.3, 0.4) is 0 Å². The van der Waals surface area contributed by atoms with E-state index in [0.717, 1.165) is 38.1 Å². The number of carbonyl (C=O) groups is 1. The Hall–Kier alpha value is -1.76. The number of thioether (sulfide) groups is 1. The number of aryl methyl sites for hydroxylation is 2. The van der Waals surface area contributed by atoms with Crippen molar-refractivity contribution in [1.82, 2.24) is 19.3 Å². The number of imidazole rings is 1. The van der Waals surface area contributed by atoms with E-state index in [1.807, 2.05) is 41.0 Å². The van der Waals surface area contributed by atoms with Crippen molar-refractivity contribution < 1.29 is 4.79 Å². The summed E-state index contributed by atoms with van der Waals surface area (Å²) in [5.74, 6) is 1.67. The molecule has 0 unspecified atom stereocenters. The first-order valence-electron chi connectivity index (χ1n) is 8.10. The van der Waals surface area contributed by atoms with Crippen LogP contribution in [-0.2, 0) is 17.9 Å². The minimum Gasteiger partial charge on any atom is -0.337 e. The second-order valence-electron chi connectivity index (χ2n) is 5.47. The fourth-order valence-electron chi connectivity index (χ4n) is 2.10. The number of hydrogen-bond donors (Lipinski definition) is 1. The van der Waals surface area contributed by atoms with Crippen LogP contribution in [0.15, 0.2) is 31.0 Å². The molecule has 0 aromatic carbocycles. The molecule has 126 valence electrons. The molecule has 7 heteroatoms. The van der Waals surface area contributed by atoms with Gasteiger partial charge in [-0.25, -0.2) is 4.98 Å². The summed E-state index contributed by atoms with van der Waals surface area (Å²) in [5, 5.41) is 7.24. The first-order chi connectivity index (χ1) is 11.2. The third-order valence-corrected chi connectivity index (χ3v) is 4.73. The van der Waals surface area contributed by atoms with Crippen molar-refractivity contribution >= 4 is 23.5 Å². The van der Waals surface area contributed by atoms with E-state index >= 15 is 0 Å².